The summed E-state index contributed by atoms with van der Waals surface area (Å²) in [6, 6.07) is 17.6. The summed E-state index contributed by atoms with van der Waals surface area (Å²) in [5.41, 5.74) is 8.02. The highest BCUT2D eigenvalue weighted by molar-refractivity contribution is 7.80. The van der Waals surface area contributed by atoms with E-state index in [1.54, 1.807) is 0 Å². The second-order valence-electron chi connectivity index (χ2n) is 8.45. The fourth-order valence-electron chi connectivity index (χ4n) is 3.61. The number of hydrogen-bond donors (Lipinski definition) is 2. The Kier molecular flexibility index (Phi) is 6.93. The molecule has 0 fully saturated rings. The van der Waals surface area contributed by atoms with Gasteiger partial charge in [0.05, 0.1) is 0 Å². The highest BCUT2D eigenvalue weighted by Gasteiger charge is 2.10. The Balaban J connectivity index is 1.29. The van der Waals surface area contributed by atoms with Crippen LogP contribution in [-0.4, -0.2) is 22.6 Å². The van der Waals surface area contributed by atoms with Crippen LogP contribution in [0.4, 0.5) is 5.69 Å². The zero-order chi connectivity index (χ0) is 24.2. The number of thiocarbonyl (C=S) groups is 1. The molecule has 3 aromatic carbocycles. The molecule has 6 nitrogen and oxygen atoms in total. The Morgan fingerprint density at radius 3 is 2.44 bits per heavy atom. The number of ether oxygens (including phenoxy) is 1. The van der Waals surface area contributed by atoms with Gasteiger partial charge in [0.15, 0.2) is 23.2 Å². The first kappa shape index (κ1) is 23.4. The lowest BCUT2D eigenvalue weighted by Crippen LogP contribution is -2.37. The van der Waals surface area contributed by atoms with Gasteiger partial charge in [0.2, 0.25) is 0 Å². The van der Waals surface area contributed by atoms with Crippen LogP contribution in [0.3, 0.4) is 0 Å². The molecule has 0 spiro atoms. The van der Waals surface area contributed by atoms with Crippen molar-refractivity contribution >= 4 is 40.0 Å². The zero-order valence-corrected chi connectivity index (χ0v) is 20.5. The van der Waals surface area contributed by atoms with E-state index in [2.05, 4.69) is 29.5 Å². The molecule has 0 saturated carbocycles. The lowest BCUT2D eigenvalue weighted by Gasteiger charge is -2.12. The summed E-state index contributed by atoms with van der Waals surface area (Å²) >= 11 is 5.26. The molecule has 0 aliphatic carbocycles. The average molecular weight is 474 g/mol. The Hall–Kier alpha value is -3.71. The van der Waals surface area contributed by atoms with Gasteiger partial charge in [0, 0.05) is 12.1 Å². The first-order chi connectivity index (χ1) is 16.3. The van der Waals surface area contributed by atoms with Crippen molar-refractivity contribution in [2.45, 2.75) is 34.1 Å². The number of aryl methyl sites for hydroxylation is 4. The van der Waals surface area contributed by atoms with Crippen molar-refractivity contribution in [3.05, 3.63) is 88.3 Å². The van der Waals surface area contributed by atoms with Crippen LogP contribution in [0.5, 0.6) is 5.75 Å². The van der Waals surface area contributed by atoms with E-state index in [0.29, 0.717) is 18.1 Å². The van der Waals surface area contributed by atoms with Crippen LogP contribution >= 0.6 is 12.2 Å². The third-order valence-corrected chi connectivity index (χ3v) is 5.76. The monoisotopic (exact) mass is 473 g/mol. The van der Waals surface area contributed by atoms with Crippen molar-refractivity contribution < 1.29 is 13.9 Å². The van der Waals surface area contributed by atoms with E-state index >= 15 is 0 Å². The molecule has 0 aliphatic rings. The summed E-state index contributed by atoms with van der Waals surface area (Å²) in [7, 11) is 0. The van der Waals surface area contributed by atoms with Crippen molar-refractivity contribution in [3.63, 3.8) is 0 Å². The molecule has 4 aromatic rings. The SMILES string of the molecule is Cc1ccc(OCC(=O)NC(=S)Nc2ccc(Cc3nc4cc(C)c(C)cc4o3)cc2)c(C)c1. The van der Waals surface area contributed by atoms with Gasteiger partial charge in [-0.25, -0.2) is 4.98 Å². The van der Waals surface area contributed by atoms with Gasteiger partial charge in [-0.2, -0.15) is 0 Å². The number of nitrogens with zero attached hydrogens (tertiary/aromatic N) is 1. The molecular weight excluding hydrogens is 446 g/mol. The quantitative estimate of drug-likeness (QED) is 0.358. The van der Waals surface area contributed by atoms with E-state index in [9.17, 15) is 4.79 Å². The van der Waals surface area contributed by atoms with Gasteiger partial charge in [-0.1, -0.05) is 29.8 Å². The first-order valence-corrected chi connectivity index (χ1v) is 11.4. The predicted molar refractivity (Wildman–Crippen MR) is 139 cm³/mol. The van der Waals surface area contributed by atoms with Crippen LogP contribution in [0.2, 0.25) is 0 Å². The van der Waals surface area contributed by atoms with Gasteiger partial charge in [-0.05, 0) is 92.5 Å². The molecule has 0 radical (unpaired) electrons. The molecule has 1 aromatic heterocycles. The molecule has 34 heavy (non-hydrogen) atoms. The van der Waals surface area contributed by atoms with Gasteiger partial charge in [-0.15, -0.1) is 0 Å². The van der Waals surface area contributed by atoms with Crippen LogP contribution in [0.15, 0.2) is 59.0 Å². The zero-order valence-electron chi connectivity index (χ0n) is 19.7. The standard InChI is InChI=1S/C27H27N3O3S/c1-16-5-10-23(19(4)11-16)32-15-25(31)30-27(34)28-21-8-6-20(7-9-21)14-26-29-22-12-17(2)18(3)13-24(22)33-26/h5-13H,14-15H2,1-4H3,(H2,28,30,31,34). The van der Waals surface area contributed by atoms with Crippen molar-refractivity contribution in [1.29, 1.82) is 0 Å². The van der Waals surface area contributed by atoms with Gasteiger partial charge in [0.25, 0.3) is 5.91 Å². The molecule has 174 valence electrons. The highest BCUT2D eigenvalue weighted by atomic mass is 32.1. The van der Waals surface area contributed by atoms with Crippen LogP contribution in [0, 0.1) is 27.7 Å². The lowest BCUT2D eigenvalue weighted by atomic mass is 10.1. The smallest absolute Gasteiger partial charge is 0.264 e. The molecule has 0 atom stereocenters. The molecule has 0 saturated heterocycles. The Bertz CT molecular complexity index is 1320. The first-order valence-electron chi connectivity index (χ1n) is 11.0. The van der Waals surface area contributed by atoms with E-state index < -0.39 is 0 Å². The molecule has 4 rings (SSSR count). The number of anilines is 1. The topological polar surface area (TPSA) is 76.4 Å². The summed E-state index contributed by atoms with van der Waals surface area (Å²) in [6.07, 6.45) is 0.587. The summed E-state index contributed by atoms with van der Waals surface area (Å²) in [5.74, 6) is 1.03. The van der Waals surface area contributed by atoms with E-state index in [0.717, 1.165) is 33.5 Å². The predicted octanol–water partition coefficient (Wildman–Crippen LogP) is 5.54. The number of nitrogens with one attached hydrogen (secondary N) is 2. The highest BCUT2D eigenvalue weighted by Crippen LogP contribution is 2.22. The van der Waals surface area contributed by atoms with Crippen LogP contribution < -0.4 is 15.4 Å². The molecular formula is C27H27N3O3S. The van der Waals surface area contributed by atoms with Crippen molar-refractivity contribution in [2.24, 2.45) is 0 Å². The van der Waals surface area contributed by atoms with E-state index in [1.165, 1.54) is 11.1 Å². The Morgan fingerprint density at radius 2 is 1.71 bits per heavy atom. The molecule has 0 unspecified atom stereocenters. The Labute approximate surface area is 204 Å². The van der Waals surface area contributed by atoms with Gasteiger partial charge >= 0.3 is 0 Å². The maximum Gasteiger partial charge on any atom is 0.264 e. The van der Waals surface area contributed by atoms with Crippen molar-refractivity contribution in [2.75, 3.05) is 11.9 Å². The summed E-state index contributed by atoms with van der Waals surface area (Å²) < 4.78 is 11.5. The second kappa shape index (κ2) is 10.1. The minimum Gasteiger partial charge on any atom is -0.483 e. The molecule has 2 N–H and O–H groups in total. The summed E-state index contributed by atoms with van der Waals surface area (Å²) in [4.78, 5) is 16.8. The lowest BCUT2D eigenvalue weighted by molar-refractivity contribution is -0.121. The van der Waals surface area contributed by atoms with E-state index in [4.69, 9.17) is 21.4 Å². The number of aromatic nitrogens is 1. The maximum absolute atomic E-state index is 12.2. The third kappa shape index (κ3) is 5.80. The molecule has 1 heterocycles. The number of amides is 1. The largest absolute Gasteiger partial charge is 0.483 e. The molecule has 0 bridgehead atoms. The number of rotatable bonds is 6. The second-order valence-corrected chi connectivity index (χ2v) is 8.85. The minimum absolute atomic E-state index is 0.117. The number of carbonyl (C=O) groups is 1. The molecule has 0 aliphatic heterocycles. The van der Waals surface area contributed by atoms with E-state index in [1.807, 2.05) is 68.4 Å². The minimum atomic E-state index is -0.324. The third-order valence-electron chi connectivity index (χ3n) is 5.56. The number of benzene rings is 3. The summed E-state index contributed by atoms with van der Waals surface area (Å²) in [5, 5.41) is 5.87. The maximum atomic E-state index is 12.2. The van der Waals surface area contributed by atoms with Crippen LogP contribution in [0.1, 0.15) is 33.7 Å². The fourth-order valence-corrected chi connectivity index (χ4v) is 3.85. The average Bonchev–Trinajstić information content (AvgIpc) is 3.15. The number of fused-ring (bicyclic) bond motifs is 1. The number of carbonyl (C=O) groups excluding carboxylic acids is 1. The Morgan fingerprint density at radius 1 is 0.971 bits per heavy atom. The van der Waals surface area contributed by atoms with Gasteiger partial charge in [-0.3, -0.25) is 10.1 Å². The molecule has 7 heteroatoms. The number of oxazole rings is 1. The van der Waals surface area contributed by atoms with Crippen molar-refractivity contribution in [1.82, 2.24) is 10.3 Å². The van der Waals surface area contributed by atoms with Crippen LogP contribution in [-0.2, 0) is 11.2 Å². The molecule has 1 amide bonds. The van der Waals surface area contributed by atoms with Crippen molar-refractivity contribution in [3.8, 4) is 5.75 Å². The fraction of sp³-hybridized carbons (Fsp3) is 0.222. The van der Waals surface area contributed by atoms with Gasteiger partial charge < -0.3 is 14.5 Å². The van der Waals surface area contributed by atoms with E-state index in [-0.39, 0.29) is 17.6 Å². The normalized spacial score (nSPS) is 10.8. The van der Waals surface area contributed by atoms with Crippen LogP contribution in [0.25, 0.3) is 11.1 Å². The number of hydrogen-bond acceptors (Lipinski definition) is 5. The summed E-state index contributed by atoms with van der Waals surface area (Å²) in [6.45, 7) is 7.97. The van der Waals surface area contributed by atoms with Gasteiger partial charge in [0.1, 0.15) is 11.3 Å².